The van der Waals surface area contributed by atoms with Gasteiger partial charge in [-0.2, -0.15) is 0 Å². The summed E-state index contributed by atoms with van der Waals surface area (Å²) in [6.45, 7) is 3.29. The Balaban J connectivity index is 2.17. The average Bonchev–Trinajstić information content (AvgIpc) is 2.72. The number of ether oxygens (including phenoxy) is 1. The largest absolute Gasteiger partial charge is 0.486 e. The summed E-state index contributed by atoms with van der Waals surface area (Å²) in [6, 6.07) is 5.53. The maximum atomic E-state index is 13.1. The molecule has 0 saturated heterocycles. The van der Waals surface area contributed by atoms with E-state index in [9.17, 15) is 9.18 Å². The van der Waals surface area contributed by atoms with Crippen LogP contribution in [0.4, 0.5) is 4.39 Å². The summed E-state index contributed by atoms with van der Waals surface area (Å²) in [5.41, 5.74) is 0.933. The summed E-state index contributed by atoms with van der Waals surface area (Å²) < 4.78 is 23.4. The van der Waals surface area contributed by atoms with Crippen LogP contribution in [0, 0.1) is 12.7 Å². The molecule has 2 rings (SSSR count). The molecule has 2 aromatic rings. The van der Waals surface area contributed by atoms with E-state index >= 15 is 0 Å². The van der Waals surface area contributed by atoms with Crippen LogP contribution in [-0.4, -0.2) is 10.9 Å². The molecule has 0 aliphatic carbocycles. The molecule has 0 aliphatic heterocycles. The minimum absolute atomic E-state index is 0.126. The molecule has 0 saturated carbocycles. The Hall–Kier alpha value is -2.17. The number of ketones is 1. The van der Waals surface area contributed by atoms with Crippen LogP contribution in [0.1, 0.15) is 28.7 Å². The van der Waals surface area contributed by atoms with Crippen LogP contribution in [0.15, 0.2) is 28.8 Å². The number of Topliss-reactive ketones (excluding diaryl/α,β-unsaturated/α-hetero) is 1. The van der Waals surface area contributed by atoms with Gasteiger partial charge < -0.3 is 9.26 Å². The predicted molar refractivity (Wildman–Crippen MR) is 62.0 cm³/mol. The van der Waals surface area contributed by atoms with Crippen LogP contribution in [0.5, 0.6) is 5.75 Å². The van der Waals surface area contributed by atoms with Crippen molar-refractivity contribution in [2.24, 2.45) is 0 Å². The van der Waals surface area contributed by atoms with E-state index in [-0.39, 0.29) is 18.1 Å². The molecule has 0 spiro atoms. The third-order valence-electron chi connectivity index (χ3n) is 2.38. The minimum Gasteiger partial charge on any atom is -0.486 e. The number of hydrogen-bond acceptors (Lipinski definition) is 4. The number of carbonyl (C=O) groups excluding carboxylic acids is 1. The topological polar surface area (TPSA) is 52.3 Å². The van der Waals surface area contributed by atoms with Crippen molar-refractivity contribution in [3.63, 3.8) is 0 Å². The highest BCUT2D eigenvalue weighted by molar-refractivity contribution is 5.96. The molecule has 0 bridgehead atoms. The monoisotopic (exact) mass is 249 g/mol. The number of rotatable bonds is 4. The molecular formula is C13H12FNO3. The lowest BCUT2D eigenvalue weighted by Gasteiger charge is -2.08. The summed E-state index contributed by atoms with van der Waals surface area (Å²) in [5.74, 6) is 0.246. The van der Waals surface area contributed by atoms with Crippen LogP contribution >= 0.6 is 0 Å². The first-order chi connectivity index (χ1) is 8.56. The molecule has 1 heterocycles. The highest BCUT2D eigenvalue weighted by Gasteiger charge is 2.11. The average molecular weight is 249 g/mol. The molecule has 0 amide bonds. The summed E-state index contributed by atoms with van der Waals surface area (Å²) in [5, 5.41) is 3.75. The second-order valence-electron chi connectivity index (χ2n) is 3.91. The fourth-order valence-corrected chi connectivity index (χ4v) is 1.54. The summed E-state index contributed by atoms with van der Waals surface area (Å²) in [7, 11) is 0. The molecule has 0 radical (unpaired) electrons. The standard InChI is InChI=1S/C13H12FNO3/c1-8-5-11(15-18-8)7-17-13-6-10(14)3-4-12(13)9(2)16/h3-6H,7H2,1-2H3. The lowest BCUT2D eigenvalue weighted by molar-refractivity contribution is 0.101. The molecule has 0 atom stereocenters. The number of nitrogens with zero attached hydrogens (tertiary/aromatic N) is 1. The Morgan fingerprint density at radius 2 is 2.22 bits per heavy atom. The van der Waals surface area contributed by atoms with Gasteiger partial charge in [-0.1, -0.05) is 5.16 Å². The predicted octanol–water partition coefficient (Wildman–Crippen LogP) is 2.90. The van der Waals surface area contributed by atoms with E-state index in [0.717, 1.165) is 0 Å². The number of benzene rings is 1. The van der Waals surface area contributed by atoms with Crippen LogP contribution in [0.3, 0.4) is 0 Å². The van der Waals surface area contributed by atoms with Gasteiger partial charge in [0, 0.05) is 12.1 Å². The van der Waals surface area contributed by atoms with Crippen molar-refractivity contribution in [2.75, 3.05) is 0 Å². The van der Waals surface area contributed by atoms with Gasteiger partial charge in [0.15, 0.2) is 5.78 Å². The SMILES string of the molecule is CC(=O)c1ccc(F)cc1OCc1cc(C)on1. The summed E-state index contributed by atoms with van der Waals surface area (Å²) in [4.78, 5) is 11.4. The van der Waals surface area contributed by atoms with Crippen LogP contribution in [0.2, 0.25) is 0 Å². The zero-order chi connectivity index (χ0) is 13.1. The van der Waals surface area contributed by atoms with E-state index in [0.29, 0.717) is 17.0 Å². The van der Waals surface area contributed by atoms with E-state index in [2.05, 4.69) is 5.16 Å². The number of halogens is 1. The number of hydrogen-bond donors (Lipinski definition) is 0. The van der Waals surface area contributed by atoms with E-state index in [1.165, 1.54) is 25.1 Å². The minimum atomic E-state index is -0.452. The third-order valence-corrected chi connectivity index (χ3v) is 2.38. The van der Waals surface area contributed by atoms with Crippen molar-refractivity contribution < 1.29 is 18.4 Å². The molecule has 1 aromatic heterocycles. The number of aryl methyl sites for hydroxylation is 1. The second kappa shape index (κ2) is 5.00. The Morgan fingerprint density at radius 3 is 2.83 bits per heavy atom. The van der Waals surface area contributed by atoms with Crippen molar-refractivity contribution >= 4 is 5.78 Å². The van der Waals surface area contributed by atoms with Gasteiger partial charge in [0.1, 0.15) is 29.6 Å². The van der Waals surface area contributed by atoms with E-state index < -0.39 is 5.82 Å². The fourth-order valence-electron chi connectivity index (χ4n) is 1.54. The van der Waals surface area contributed by atoms with Gasteiger partial charge in [0.05, 0.1) is 5.56 Å². The van der Waals surface area contributed by atoms with Crippen molar-refractivity contribution in [2.45, 2.75) is 20.5 Å². The van der Waals surface area contributed by atoms with Gasteiger partial charge in [-0.05, 0) is 26.0 Å². The second-order valence-corrected chi connectivity index (χ2v) is 3.91. The van der Waals surface area contributed by atoms with Crippen LogP contribution in [-0.2, 0) is 6.61 Å². The molecule has 0 fully saturated rings. The maximum Gasteiger partial charge on any atom is 0.163 e. The first-order valence-corrected chi connectivity index (χ1v) is 5.42. The zero-order valence-electron chi connectivity index (χ0n) is 10.1. The Morgan fingerprint density at radius 1 is 1.44 bits per heavy atom. The zero-order valence-corrected chi connectivity index (χ0v) is 10.1. The van der Waals surface area contributed by atoms with Crippen LogP contribution in [0.25, 0.3) is 0 Å². The molecule has 5 heteroatoms. The van der Waals surface area contributed by atoms with Gasteiger partial charge >= 0.3 is 0 Å². The first-order valence-electron chi connectivity index (χ1n) is 5.42. The van der Waals surface area contributed by atoms with Crippen molar-refractivity contribution in [1.82, 2.24) is 5.16 Å². The molecule has 0 unspecified atom stereocenters. The van der Waals surface area contributed by atoms with Gasteiger partial charge in [0.2, 0.25) is 0 Å². The smallest absolute Gasteiger partial charge is 0.163 e. The first kappa shape index (κ1) is 12.3. The molecule has 1 aromatic carbocycles. The number of aromatic nitrogens is 1. The Kier molecular flexibility index (Phi) is 3.41. The van der Waals surface area contributed by atoms with Crippen molar-refractivity contribution in [3.8, 4) is 5.75 Å². The maximum absolute atomic E-state index is 13.1. The van der Waals surface area contributed by atoms with Gasteiger partial charge in [0.25, 0.3) is 0 Å². The molecule has 18 heavy (non-hydrogen) atoms. The summed E-state index contributed by atoms with van der Waals surface area (Å²) >= 11 is 0. The fraction of sp³-hybridized carbons (Fsp3) is 0.231. The lowest BCUT2D eigenvalue weighted by Crippen LogP contribution is -2.02. The van der Waals surface area contributed by atoms with E-state index in [1.54, 1.807) is 13.0 Å². The lowest BCUT2D eigenvalue weighted by atomic mass is 10.1. The normalized spacial score (nSPS) is 10.4. The number of carbonyl (C=O) groups is 1. The van der Waals surface area contributed by atoms with Gasteiger partial charge in [-0.15, -0.1) is 0 Å². The van der Waals surface area contributed by atoms with Crippen molar-refractivity contribution in [1.29, 1.82) is 0 Å². The molecule has 0 aliphatic rings. The van der Waals surface area contributed by atoms with E-state index in [4.69, 9.17) is 9.26 Å². The molecule has 4 nitrogen and oxygen atoms in total. The molecule has 0 N–H and O–H groups in total. The van der Waals surface area contributed by atoms with Gasteiger partial charge in [-0.3, -0.25) is 4.79 Å². The van der Waals surface area contributed by atoms with Gasteiger partial charge in [-0.25, -0.2) is 4.39 Å². The highest BCUT2D eigenvalue weighted by atomic mass is 19.1. The highest BCUT2D eigenvalue weighted by Crippen LogP contribution is 2.21. The molecule has 94 valence electrons. The third kappa shape index (κ3) is 2.74. The Bertz CT molecular complexity index is 577. The quantitative estimate of drug-likeness (QED) is 0.782. The van der Waals surface area contributed by atoms with Crippen molar-refractivity contribution in [3.05, 3.63) is 47.1 Å². The Labute approximate surface area is 103 Å². The van der Waals surface area contributed by atoms with Crippen LogP contribution < -0.4 is 4.74 Å². The van der Waals surface area contributed by atoms with E-state index in [1.807, 2.05) is 0 Å². The molecular weight excluding hydrogens is 237 g/mol. The summed E-state index contributed by atoms with van der Waals surface area (Å²) in [6.07, 6.45) is 0.